The Hall–Kier alpha value is -0.160. The third-order valence-corrected chi connectivity index (χ3v) is 1.87. The molecule has 0 spiro atoms. The smallest absolute Gasteiger partial charge is 0.157 e. The third kappa shape index (κ3) is 3.06. The number of ether oxygens (including phenoxy) is 2. The second-order valence-electron chi connectivity index (χ2n) is 3.00. The number of rotatable bonds is 3. The lowest BCUT2D eigenvalue weighted by atomic mass is 10.1. The summed E-state index contributed by atoms with van der Waals surface area (Å²) in [7, 11) is 0. The van der Waals surface area contributed by atoms with E-state index in [1.54, 1.807) is 0 Å². The molecule has 1 saturated heterocycles. The van der Waals surface area contributed by atoms with Gasteiger partial charge in [0, 0.05) is 19.4 Å². The van der Waals surface area contributed by atoms with Gasteiger partial charge in [0.15, 0.2) is 6.29 Å². The van der Waals surface area contributed by atoms with Crippen molar-refractivity contribution in [1.29, 1.82) is 0 Å². The second-order valence-corrected chi connectivity index (χ2v) is 3.00. The van der Waals surface area contributed by atoms with Crippen LogP contribution >= 0.6 is 0 Å². The first-order valence-electron chi connectivity index (χ1n) is 4.31. The Morgan fingerprint density at radius 3 is 2.75 bits per heavy atom. The zero-order valence-corrected chi connectivity index (χ0v) is 7.27. The van der Waals surface area contributed by atoms with Gasteiger partial charge in [0.1, 0.15) is 0 Å². The summed E-state index contributed by atoms with van der Waals surface area (Å²) in [4.78, 5) is 0. The topological polar surface area (TPSA) is 58.9 Å². The molecule has 3 atom stereocenters. The Kier molecular flexibility index (Phi) is 3.94. The van der Waals surface area contributed by atoms with Crippen molar-refractivity contribution in [2.45, 2.75) is 38.3 Å². The lowest BCUT2D eigenvalue weighted by Crippen LogP contribution is -2.37. The van der Waals surface area contributed by atoms with Crippen LogP contribution in [0.2, 0.25) is 0 Å². The molecular weight excluding hydrogens is 160 g/mol. The van der Waals surface area contributed by atoms with E-state index in [9.17, 15) is 5.11 Å². The minimum absolute atomic E-state index is 0.163. The lowest BCUT2D eigenvalue weighted by Gasteiger charge is -2.29. The van der Waals surface area contributed by atoms with Gasteiger partial charge in [0.05, 0.1) is 18.8 Å². The highest BCUT2D eigenvalue weighted by Crippen LogP contribution is 2.17. The quantitative estimate of drug-likeness (QED) is 0.629. The highest BCUT2D eigenvalue weighted by Gasteiger charge is 2.26. The second kappa shape index (κ2) is 4.77. The fourth-order valence-electron chi connectivity index (χ4n) is 1.32. The Morgan fingerprint density at radius 1 is 1.42 bits per heavy atom. The molecule has 1 rings (SSSR count). The van der Waals surface area contributed by atoms with Crippen molar-refractivity contribution < 1.29 is 19.7 Å². The third-order valence-electron chi connectivity index (χ3n) is 1.87. The molecule has 0 aromatic heterocycles. The summed E-state index contributed by atoms with van der Waals surface area (Å²) >= 11 is 0. The van der Waals surface area contributed by atoms with E-state index in [0.29, 0.717) is 26.1 Å². The van der Waals surface area contributed by atoms with E-state index in [1.807, 2.05) is 6.92 Å². The van der Waals surface area contributed by atoms with Crippen LogP contribution in [0.25, 0.3) is 0 Å². The van der Waals surface area contributed by atoms with Crippen LogP contribution in [-0.4, -0.2) is 41.9 Å². The highest BCUT2D eigenvalue weighted by atomic mass is 16.6. The average Bonchev–Trinajstić information content (AvgIpc) is 1.99. The van der Waals surface area contributed by atoms with E-state index < -0.39 is 12.4 Å². The molecule has 0 aromatic carbocycles. The van der Waals surface area contributed by atoms with Gasteiger partial charge in [-0.15, -0.1) is 0 Å². The molecule has 4 nitrogen and oxygen atoms in total. The van der Waals surface area contributed by atoms with Gasteiger partial charge in [-0.2, -0.15) is 0 Å². The molecule has 4 heteroatoms. The minimum atomic E-state index is -0.834. The monoisotopic (exact) mass is 176 g/mol. The van der Waals surface area contributed by atoms with Crippen molar-refractivity contribution >= 4 is 0 Å². The van der Waals surface area contributed by atoms with Gasteiger partial charge in [0.25, 0.3) is 0 Å². The van der Waals surface area contributed by atoms with Gasteiger partial charge < -0.3 is 19.7 Å². The molecule has 3 unspecified atom stereocenters. The van der Waals surface area contributed by atoms with Crippen molar-refractivity contribution in [2.75, 3.05) is 13.2 Å². The number of aliphatic hydroxyl groups is 2. The zero-order valence-electron chi connectivity index (χ0n) is 7.27. The first-order chi connectivity index (χ1) is 5.72. The molecule has 0 radical (unpaired) electrons. The average molecular weight is 176 g/mol. The van der Waals surface area contributed by atoms with Crippen LogP contribution < -0.4 is 0 Å². The zero-order chi connectivity index (χ0) is 8.97. The van der Waals surface area contributed by atoms with Crippen LogP contribution in [0.3, 0.4) is 0 Å². The predicted molar refractivity (Wildman–Crippen MR) is 42.6 cm³/mol. The summed E-state index contributed by atoms with van der Waals surface area (Å²) in [5.74, 6) is 0. The van der Waals surface area contributed by atoms with Crippen molar-refractivity contribution in [1.82, 2.24) is 0 Å². The summed E-state index contributed by atoms with van der Waals surface area (Å²) in [6.07, 6.45) is -0.596. The Bertz CT molecular complexity index is 118. The Labute approximate surface area is 72.1 Å². The fraction of sp³-hybridized carbons (Fsp3) is 1.00. The molecule has 0 amide bonds. The maximum Gasteiger partial charge on any atom is 0.157 e. The normalized spacial score (nSPS) is 36.8. The van der Waals surface area contributed by atoms with Gasteiger partial charge in [-0.1, -0.05) is 0 Å². The Morgan fingerprint density at radius 2 is 2.17 bits per heavy atom. The number of hydrogen-bond donors (Lipinski definition) is 2. The molecular formula is C8H16O4. The van der Waals surface area contributed by atoms with E-state index in [4.69, 9.17) is 14.6 Å². The molecule has 72 valence electrons. The minimum Gasteiger partial charge on any atom is -0.393 e. The van der Waals surface area contributed by atoms with Crippen LogP contribution in [-0.2, 0) is 9.47 Å². The molecule has 12 heavy (non-hydrogen) atoms. The first-order valence-corrected chi connectivity index (χ1v) is 4.31. The van der Waals surface area contributed by atoms with Crippen molar-refractivity contribution in [3.05, 3.63) is 0 Å². The number of aliphatic hydroxyl groups excluding tert-OH is 2. The molecule has 0 aliphatic carbocycles. The van der Waals surface area contributed by atoms with Crippen LogP contribution in [0.1, 0.15) is 19.8 Å². The van der Waals surface area contributed by atoms with Crippen LogP contribution in [0, 0.1) is 0 Å². The summed E-state index contributed by atoms with van der Waals surface area (Å²) in [5, 5.41) is 18.4. The van der Waals surface area contributed by atoms with E-state index in [2.05, 4.69) is 0 Å². The SMILES string of the molecule is CCOCC1CC(O)CC(O)O1. The standard InChI is InChI=1S/C8H16O4/c1-2-11-5-7-3-6(9)4-8(10)12-7/h6-10H,2-5H2,1H3. The van der Waals surface area contributed by atoms with E-state index >= 15 is 0 Å². The van der Waals surface area contributed by atoms with Crippen molar-refractivity contribution in [3.8, 4) is 0 Å². The molecule has 1 heterocycles. The van der Waals surface area contributed by atoms with Gasteiger partial charge in [-0.05, 0) is 6.92 Å². The summed E-state index contributed by atoms with van der Waals surface area (Å²) in [6, 6.07) is 0. The number of hydrogen-bond acceptors (Lipinski definition) is 4. The van der Waals surface area contributed by atoms with Crippen LogP contribution in [0.5, 0.6) is 0 Å². The van der Waals surface area contributed by atoms with Gasteiger partial charge in [0.2, 0.25) is 0 Å². The first kappa shape index (κ1) is 9.92. The molecule has 1 aliphatic rings. The van der Waals surface area contributed by atoms with Gasteiger partial charge in [-0.25, -0.2) is 0 Å². The molecule has 0 aromatic rings. The highest BCUT2D eigenvalue weighted by molar-refractivity contribution is 4.71. The van der Waals surface area contributed by atoms with Gasteiger partial charge >= 0.3 is 0 Å². The molecule has 0 bridgehead atoms. The maximum absolute atomic E-state index is 9.25. The lowest BCUT2D eigenvalue weighted by molar-refractivity contribution is -0.200. The molecule has 0 saturated carbocycles. The fourth-order valence-corrected chi connectivity index (χ4v) is 1.32. The van der Waals surface area contributed by atoms with E-state index in [-0.39, 0.29) is 6.10 Å². The van der Waals surface area contributed by atoms with Crippen LogP contribution in [0.15, 0.2) is 0 Å². The largest absolute Gasteiger partial charge is 0.393 e. The van der Waals surface area contributed by atoms with Gasteiger partial charge in [-0.3, -0.25) is 0 Å². The van der Waals surface area contributed by atoms with E-state index in [1.165, 1.54) is 0 Å². The van der Waals surface area contributed by atoms with Crippen molar-refractivity contribution in [2.24, 2.45) is 0 Å². The molecule has 1 aliphatic heterocycles. The molecule has 1 fully saturated rings. The summed E-state index contributed by atoms with van der Waals surface area (Å²) in [5.41, 5.74) is 0. The summed E-state index contributed by atoms with van der Waals surface area (Å²) < 4.78 is 10.3. The maximum atomic E-state index is 9.25. The van der Waals surface area contributed by atoms with E-state index in [0.717, 1.165) is 0 Å². The van der Waals surface area contributed by atoms with Crippen LogP contribution in [0.4, 0.5) is 0 Å². The van der Waals surface area contributed by atoms with Crippen molar-refractivity contribution in [3.63, 3.8) is 0 Å². The predicted octanol–water partition coefficient (Wildman–Crippen LogP) is -0.119. The Balaban J connectivity index is 2.24. The summed E-state index contributed by atoms with van der Waals surface area (Å²) in [6.45, 7) is 2.98. The molecule has 2 N–H and O–H groups in total.